The number of carbonyl (C=O) groups is 2. The highest BCUT2D eigenvalue weighted by atomic mass is 19.1. The molecular weight excluding hydrogens is 330 g/mol. The minimum Gasteiger partial charge on any atom is -0.351 e. The van der Waals surface area contributed by atoms with Crippen LogP contribution in [0.5, 0.6) is 0 Å². The first kappa shape index (κ1) is 18.5. The van der Waals surface area contributed by atoms with Crippen molar-refractivity contribution in [1.29, 1.82) is 0 Å². The monoisotopic (exact) mass is 348 g/mol. The van der Waals surface area contributed by atoms with Crippen LogP contribution in [0.25, 0.3) is 0 Å². The van der Waals surface area contributed by atoms with E-state index in [1.54, 1.807) is 0 Å². The molecule has 0 atom stereocenters. The maximum absolute atomic E-state index is 13.6. The van der Waals surface area contributed by atoms with Crippen LogP contribution in [0, 0.1) is 11.6 Å². The number of nitrogens with one attached hydrogen (secondary N) is 2. The lowest BCUT2D eigenvalue weighted by Crippen LogP contribution is -2.31. The zero-order valence-corrected chi connectivity index (χ0v) is 13.8. The van der Waals surface area contributed by atoms with Gasteiger partial charge >= 0.3 is 0 Å². The number of anilines is 1. The molecule has 0 aliphatic heterocycles. The van der Waals surface area contributed by atoms with Crippen molar-refractivity contribution < 1.29 is 18.4 Å². The van der Waals surface area contributed by atoms with Crippen LogP contribution in [-0.2, 0) is 0 Å². The van der Waals surface area contributed by atoms with E-state index in [1.165, 1.54) is 24.5 Å². The zero-order valence-electron chi connectivity index (χ0n) is 13.8. The number of pyridine rings is 1. The molecule has 0 aliphatic carbocycles. The molecule has 1 aromatic heterocycles. The highest BCUT2D eigenvalue weighted by Gasteiger charge is 2.15. The van der Waals surface area contributed by atoms with E-state index in [0.717, 1.165) is 12.1 Å². The summed E-state index contributed by atoms with van der Waals surface area (Å²) in [5, 5.41) is 4.84. The second-order valence-electron chi connectivity index (χ2n) is 5.57. The number of nitrogens with zero attached hydrogens (tertiary/aromatic N) is 2. The lowest BCUT2D eigenvalue weighted by atomic mass is 10.1. The third-order valence-corrected chi connectivity index (χ3v) is 3.31. The van der Waals surface area contributed by atoms with Gasteiger partial charge in [0.25, 0.3) is 11.8 Å². The minimum atomic E-state index is -0.890. The van der Waals surface area contributed by atoms with E-state index in [1.807, 2.05) is 19.0 Å². The molecule has 8 heteroatoms. The van der Waals surface area contributed by atoms with E-state index in [-0.39, 0.29) is 17.0 Å². The summed E-state index contributed by atoms with van der Waals surface area (Å²) in [4.78, 5) is 30.0. The standard InChI is InChI=1S/C17H18F2N4O2/c1-23(2)7-6-21-16(24)11-8-12(10-20-9-11)17(25)22-15-13(18)4-3-5-14(15)19/h3-5,8-10H,6-7H2,1-2H3,(H,21,24)(H,22,25). The summed E-state index contributed by atoms with van der Waals surface area (Å²) in [6, 6.07) is 4.57. The molecule has 0 fully saturated rings. The number of rotatable bonds is 6. The van der Waals surface area contributed by atoms with E-state index >= 15 is 0 Å². The molecule has 1 aromatic carbocycles. The third kappa shape index (κ3) is 5.05. The minimum absolute atomic E-state index is 0.0166. The van der Waals surface area contributed by atoms with Crippen LogP contribution in [-0.4, -0.2) is 48.9 Å². The van der Waals surface area contributed by atoms with E-state index in [4.69, 9.17) is 0 Å². The Morgan fingerprint density at radius 1 is 1.08 bits per heavy atom. The molecule has 132 valence electrons. The van der Waals surface area contributed by atoms with Crippen LogP contribution in [0.4, 0.5) is 14.5 Å². The summed E-state index contributed by atoms with van der Waals surface area (Å²) >= 11 is 0. The molecule has 0 bridgehead atoms. The van der Waals surface area contributed by atoms with Crippen LogP contribution >= 0.6 is 0 Å². The molecule has 0 unspecified atom stereocenters. The van der Waals surface area contributed by atoms with Gasteiger partial charge in [0.2, 0.25) is 0 Å². The SMILES string of the molecule is CN(C)CCNC(=O)c1cncc(C(=O)Nc2c(F)cccc2F)c1. The van der Waals surface area contributed by atoms with Crippen LogP contribution in [0.3, 0.4) is 0 Å². The number of aromatic nitrogens is 1. The second kappa shape index (κ2) is 8.29. The van der Waals surface area contributed by atoms with Crippen molar-refractivity contribution in [2.75, 3.05) is 32.5 Å². The van der Waals surface area contributed by atoms with Gasteiger partial charge in [-0.15, -0.1) is 0 Å². The Labute approximate surface area is 143 Å². The predicted octanol–water partition coefficient (Wildman–Crippen LogP) is 1.90. The number of benzene rings is 1. The predicted molar refractivity (Wildman–Crippen MR) is 89.4 cm³/mol. The normalized spacial score (nSPS) is 10.6. The van der Waals surface area contributed by atoms with Gasteiger partial charge in [0.15, 0.2) is 0 Å². The molecule has 1 heterocycles. The number of halogens is 2. The van der Waals surface area contributed by atoms with Gasteiger partial charge in [0.1, 0.15) is 17.3 Å². The van der Waals surface area contributed by atoms with Gasteiger partial charge in [-0.2, -0.15) is 0 Å². The molecule has 2 N–H and O–H groups in total. The van der Waals surface area contributed by atoms with Crippen LogP contribution in [0.2, 0.25) is 0 Å². The lowest BCUT2D eigenvalue weighted by molar-refractivity contribution is 0.0950. The van der Waals surface area contributed by atoms with Crippen molar-refractivity contribution >= 4 is 17.5 Å². The fourth-order valence-electron chi connectivity index (χ4n) is 1.99. The Hall–Kier alpha value is -2.87. The van der Waals surface area contributed by atoms with E-state index in [0.29, 0.717) is 13.1 Å². The average Bonchev–Trinajstić information content (AvgIpc) is 2.58. The molecule has 0 saturated carbocycles. The van der Waals surface area contributed by atoms with Crippen LogP contribution in [0.15, 0.2) is 36.7 Å². The number of hydrogen-bond acceptors (Lipinski definition) is 4. The van der Waals surface area contributed by atoms with Crippen molar-refractivity contribution in [2.24, 2.45) is 0 Å². The summed E-state index contributed by atoms with van der Waals surface area (Å²) in [6.45, 7) is 1.09. The van der Waals surface area contributed by atoms with Crippen molar-refractivity contribution in [3.05, 3.63) is 59.4 Å². The molecular formula is C17H18F2N4O2. The van der Waals surface area contributed by atoms with Gasteiger partial charge in [-0.1, -0.05) is 6.07 Å². The van der Waals surface area contributed by atoms with Gasteiger partial charge < -0.3 is 15.5 Å². The molecule has 0 spiro atoms. The first-order valence-corrected chi connectivity index (χ1v) is 7.52. The Bertz CT molecular complexity index is 761. The molecule has 2 aromatic rings. The molecule has 0 aliphatic rings. The highest BCUT2D eigenvalue weighted by Crippen LogP contribution is 2.19. The third-order valence-electron chi connectivity index (χ3n) is 3.31. The van der Waals surface area contributed by atoms with E-state index in [9.17, 15) is 18.4 Å². The Morgan fingerprint density at radius 2 is 1.68 bits per heavy atom. The Balaban J connectivity index is 2.10. The summed E-state index contributed by atoms with van der Waals surface area (Å²) in [7, 11) is 3.75. The fourth-order valence-corrected chi connectivity index (χ4v) is 1.99. The first-order valence-electron chi connectivity index (χ1n) is 7.52. The first-order chi connectivity index (χ1) is 11.9. The molecule has 0 radical (unpaired) electrons. The van der Waals surface area contributed by atoms with Crippen molar-refractivity contribution in [1.82, 2.24) is 15.2 Å². The number of likely N-dealkylation sites (N-methyl/N-ethyl adjacent to an activating group) is 1. The number of carbonyl (C=O) groups excluding carboxylic acids is 2. The molecule has 0 saturated heterocycles. The van der Waals surface area contributed by atoms with Gasteiger partial charge in [0, 0.05) is 25.5 Å². The van der Waals surface area contributed by atoms with Gasteiger partial charge in [-0.25, -0.2) is 8.78 Å². The molecule has 6 nitrogen and oxygen atoms in total. The largest absolute Gasteiger partial charge is 0.351 e. The van der Waals surface area contributed by atoms with Crippen molar-refractivity contribution in [3.63, 3.8) is 0 Å². The molecule has 2 amide bonds. The smallest absolute Gasteiger partial charge is 0.257 e. The lowest BCUT2D eigenvalue weighted by Gasteiger charge is -2.11. The zero-order chi connectivity index (χ0) is 18.4. The summed E-state index contributed by atoms with van der Waals surface area (Å²) in [5.41, 5.74) is -0.350. The summed E-state index contributed by atoms with van der Waals surface area (Å²) < 4.78 is 27.2. The van der Waals surface area contributed by atoms with Crippen LogP contribution in [0.1, 0.15) is 20.7 Å². The quantitative estimate of drug-likeness (QED) is 0.836. The van der Waals surface area contributed by atoms with E-state index in [2.05, 4.69) is 15.6 Å². The van der Waals surface area contributed by atoms with Gasteiger partial charge in [0.05, 0.1) is 11.1 Å². The second-order valence-corrected chi connectivity index (χ2v) is 5.57. The molecule has 25 heavy (non-hydrogen) atoms. The number of hydrogen-bond donors (Lipinski definition) is 2. The summed E-state index contributed by atoms with van der Waals surface area (Å²) in [6.07, 6.45) is 2.52. The fraction of sp³-hybridized carbons (Fsp3) is 0.235. The number of para-hydroxylation sites is 1. The maximum Gasteiger partial charge on any atom is 0.257 e. The highest BCUT2D eigenvalue weighted by molar-refractivity contribution is 6.05. The number of amides is 2. The maximum atomic E-state index is 13.6. The van der Waals surface area contributed by atoms with Gasteiger partial charge in [-0.05, 0) is 32.3 Å². The summed E-state index contributed by atoms with van der Waals surface area (Å²) in [5.74, 6) is -2.93. The van der Waals surface area contributed by atoms with Crippen LogP contribution < -0.4 is 10.6 Å². The van der Waals surface area contributed by atoms with Gasteiger partial charge in [-0.3, -0.25) is 14.6 Å². The molecule has 2 rings (SSSR count). The van der Waals surface area contributed by atoms with E-state index < -0.39 is 23.2 Å². The topological polar surface area (TPSA) is 74.3 Å². The average molecular weight is 348 g/mol. The Kier molecular flexibility index (Phi) is 6.13. The Morgan fingerprint density at radius 3 is 2.28 bits per heavy atom. The van der Waals surface area contributed by atoms with Crippen molar-refractivity contribution in [3.8, 4) is 0 Å². The van der Waals surface area contributed by atoms with Crippen molar-refractivity contribution in [2.45, 2.75) is 0 Å².